The molecule has 0 spiro atoms. The molecule has 0 radical (unpaired) electrons. The summed E-state index contributed by atoms with van der Waals surface area (Å²) in [4.78, 5) is 4.48. The third kappa shape index (κ3) is 2.94. The van der Waals surface area contributed by atoms with Crippen molar-refractivity contribution in [3.05, 3.63) is 42.1 Å². The second kappa shape index (κ2) is 7.01. The molecule has 0 aliphatic heterocycles. The lowest BCUT2D eigenvalue weighted by Gasteiger charge is -2.39. The molecule has 0 amide bonds. The summed E-state index contributed by atoms with van der Waals surface area (Å²) >= 11 is 0. The number of nitrogens with zero attached hydrogens (tertiary/aromatic N) is 1. The Kier molecular flexibility index (Phi) is 5.32. The van der Waals surface area contributed by atoms with E-state index < -0.39 is 0 Å². The largest absolute Gasteiger partial charge is 0.376 e. The molecule has 1 heterocycles. The average Bonchev–Trinajstić information content (AvgIpc) is 2.55. The number of rotatable bonds is 7. The first-order valence-electron chi connectivity index (χ1n) is 7.84. The van der Waals surface area contributed by atoms with Crippen LogP contribution in [0.2, 0.25) is 0 Å². The van der Waals surface area contributed by atoms with Gasteiger partial charge in [0, 0.05) is 18.7 Å². The number of benzene rings is 1. The summed E-state index contributed by atoms with van der Waals surface area (Å²) in [7, 11) is 1.82. The maximum absolute atomic E-state index is 5.97. The van der Waals surface area contributed by atoms with E-state index in [1.54, 1.807) is 0 Å². The molecule has 3 heteroatoms. The Morgan fingerprint density at radius 1 is 1.14 bits per heavy atom. The Morgan fingerprint density at radius 3 is 2.52 bits per heavy atom. The number of nitrogens with one attached hydrogen (secondary N) is 1. The number of aromatic nitrogens is 1. The molecule has 0 saturated heterocycles. The molecule has 1 aromatic carbocycles. The van der Waals surface area contributed by atoms with Crippen molar-refractivity contribution in [2.75, 3.05) is 13.7 Å². The lowest BCUT2D eigenvalue weighted by molar-refractivity contribution is -0.0478. The van der Waals surface area contributed by atoms with E-state index in [1.165, 1.54) is 10.9 Å². The van der Waals surface area contributed by atoms with Crippen molar-refractivity contribution in [2.45, 2.75) is 45.3 Å². The van der Waals surface area contributed by atoms with Gasteiger partial charge in [0.15, 0.2) is 0 Å². The van der Waals surface area contributed by atoms with Gasteiger partial charge in [-0.25, -0.2) is 0 Å². The maximum atomic E-state index is 5.97. The van der Waals surface area contributed by atoms with Gasteiger partial charge in [-0.15, -0.1) is 0 Å². The number of likely N-dealkylation sites (N-methyl/N-ethyl adjacent to an activating group) is 1. The van der Waals surface area contributed by atoms with E-state index in [0.717, 1.165) is 24.9 Å². The zero-order chi connectivity index (χ0) is 15.3. The van der Waals surface area contributed by atoms with Crippen LogP contribution in [0, 0.1) is 0 Å². The van der Waals surface area contributed by atoms with Gasteiger partial charge in [0.2, 0.25) is 0 Å². The van der Waals surface area contributed by atoms with Crippen LogP contribution < -0.4 is 5.32 Å². The Balaban J connectivity index is 2.60. The number of methoxy groups -OCH3 is 1. The lowest BCUT2D eigenvalue weighted by atomic mass is 9.82. The quantitative estimate of drug-likeness (QED) is 0.832. The fourth-order valence-corrected chi connectivity index (χ4v) is 3.23. The molecule has 1 N–H and O–H groups in total. The van der Waals surface area contributed by atoms with Crippen LogP contribution >= 0.6 is 0 Å². The van der Waals surface area contributed by atoms with Crippen molar-refractivity contribution in [3.8, 4) is 0 Å². The van der Waals surface area contributed by atoms with Crippen LogP contribution in [-0.4, -0.2) is 24.2 Å². The monoisotopic (exact) mass is 286 g/mol. The van der Waals surface area contributed by atoms with Crippen LogP contribution in [0.25, 0.3) is 10.9 Å². The van der Waals surface area contributed by atoms with Crippen molar-refractivity contribution in [1.82, 2.24) is 10.3 Å². The first-order valence-corrected chi connectivity index (χ1v) is 7.84. The summed E-state index contributed by atoms with van der Waals surface area (Å²) < 4.78 is 5.97. The molecule has 3 nitrogen and oxygen atoms in total. The minimum atomic E-state index is -0.194. The van der Waals surface area contributed by atoms with Crippen LogP contribution in [0.3, 0.4) is 0 Å². The normalized spacial score (nSPS) is 13.5. The second-order valence-corrected chi connectivity index (χ2v) is 5.38. The van der Waals surface area contributed by atoms with E-state index in [-0.39, 0.29) is 11.6 Å². The molecular formula is C18H26N2O. The number of fused-ring (bicyclic) bond motifs is 1. The van der Waals surface area contributed by atoms with Crippen molar-refractivity contribution in [2.24, 2.45) is 0 Å². The van der Waals surface area contributed by atoms with Crippen molar-refractivity contribution in [3.63, 3.8) is 0 Å². The van der Waals surface area contributed by atoms with Crippen LogP contribution in [0.1, 0.15) is 45.2 Å². The molecule has 0 aliphatic rings. The molecule has 2 aromatic rings. The minimum absolute atomic E-state index is 0.162. The molecule has 114 valence electrons. The number of ether oxygens (including phenoxy) is 1. The van der Waals surface area contributed by atoms with E-state index in [9.17, 15) is 0 Å². The Bertz CT molecular complexity index is 565. The fourth-order valence-electron chi connectivity index (χ4n) is 3.23. The van der Waals surface area contributed by atoms with Gasteiger partial charge >= 0.3 is 0 Å². The highest BCUT2D eigenvalue weighted by molar-refractivity contribution is 5.82. The molecule has 21 heavy (non-hydrogen) atoms. The van der Waals surface area contributed by atoms with Crippen LogP contribution in [-0.2, 0) is 4.74 Å². The molecule has 0 fully saturated rings. The molecule has 1 unspecified atom stereocenters. The number of hydrogen-bond donors (Lipinski definition) is 1. The first-order chi connectivity index (χ1) is 10.2. The Labute approximate surface area is 127 Å². The molecule has 0 bridgehead atoms. The number of hydrogen-bond acceptors (Lipinski definition) is 3. The van der Waals surface area contributed by atoms with Gasteiger partial charge in [-0.1, -0.05) is 39.0 Å². The summed E-state index contributed by atoms with van der Waals surface area (Å²) in [5.41, 5.74) is 2.11. The van der Waals surface area contributed by atoms with Gasteiger partial charge in [-0.3, -0.25) is 4.98 Å². The fraction of sp³-hybridized carbons (Fsp3) is 0.500. The second-order valence-electron chi connectivity index (χ2n) is 5.38. The van der Waals surface area contributed by atoms with Gasteiger partial charge < -0.3 is 10.1 Å². The van der Waals surface area contributed by atoms with E-state index in [2.05, 4.69) is 55.3 Å². The van der Waals surface area contributed by atoms with E-state index in [0.29, 0.717) is 0 Å². The van der Waals surface area contributed by atoms with Crippen molar-refractivity contribution < 1.29 is 4.74 Å². The molecule has 2 rings (SSSR count). The van der Waals surface area contributed by atoms with Crippen LogP contribution in [0.4, 0.5) is 0 Å². The van der Waals surface area contributed by atoms with Gasteiger partial charge in [-0.05, 0) is 37.1 Å². The molecule has 0 saturated carbocycles. The highest BCUT2D eigenvalue weighted by Gasteiger charge is 2.37. The molecule has 1 aromatic heterocycles. The highest BCUT2D eigenvalue weighted by Crippen LogP contribution is 2.37. The highest BCUT2D eigenvalue weighted by atomic mass is 16.5. The van der Waals surface area contributed by atoms with Gasteiger partial charge in [-0.2, -0.15) is 0 Å². The van der Waals surface area contributed by atoms with Crippen LogP contribution in [0.15, 0.2) is 36.5 Å². The van der Waals surface area contributed by atoms with E-state index >= 15 is 0 Å². The smallest absolute Gasteiger partial charge is 0.0867 e. The Hall–Kier alpha value is -1.45. The van der Waals surface area contributed by atoms with Crippen molar-refractivity contribution in [1.29, 1.82) is 0 Å². The molecular weight excluding hydrogens is 260 g/mol. The SMILES string of the molecule is CCNC(c1cccc2ncccc12)C(CC)(CC)OC. The first kappa shape index (κ1) is 15.9. The Morgan fingerprint density at radius 2 is 1.90 bits per heavy atom. The lowest BCUT2D eigenvalue weighted by Crippen LogP contribution is -2.45. The summed E-state index contributed by atoms with van der Waals surface area (Å²) in [6, 6.07) is 10.6. The predicted molar refractivity (Wildman–Crippen MR) is 88.5 cm³/mol. The zero-order valence-corrected chi connectivity index (χ0v) is 13.5. The maximum Gasteiger partial charge on any atom is 0.0867 e. The summed E-state index contributed by atoms with van der Waals surface area (Å²) in [6.45, 7) is 7.44. The third-order valence-corrected chi connectivity index (χ3v) is 4.53. The summed E-state index contributed by atoms with van der Waals surface area (Å²) in [6.07, 6.45) is 3.78. The van der Waals surface area contributed by atoms with E-state index in [4.69, 9.17) is 4.74 Å². The summed E-state index contributed by atoms with van der Waals surface area (Å²) in [5.74, 6) is 0. The van der Waals surface area contributed by atoms with Gasteiger partial charge in [0.05, 0.1) is 17.2 Å². The van der Waals surface area contributed by atoms with Gasteiger partial charge in [0.25, 0.3) is 0 Å². The van der Waals surface area contributed by atoms with E-state index in [1.807, 2.05) is 19.4 Å². The standard InChI is InChI=1S/C18H26N2O/c1-5-18(6-2,21-4)17(19-7-3)15-10-8-12-16-14(15)11-9-13-20-16/h8-13,17,19H,5-7H2,1-4H3. The zero-order valence-electron chi connectivity index (χ0n) is 13.5. The number of pyridine rings is 1. The molecule has 0 aliphatic carbocycles. The van der Waals surface area contributed by atoms with Crippen molar-refractivity contribution >= 4 is 10.9 Å². The van der Waals surface area contributed by atoms with Gasteiger partial charge in [0.1, 0.15) is 0 Å². The topological polar surface area (TPSA) is 34.2 Å². The third-order valence-electron chi connectivity index (χ3n) is 4.53. The minimum Gasteiger partial charge on any atom is -0.376 e. The van der Waals surface area contributed by atoms with Crippen LogP contribution in [0.5, 0.6) is 0 Å². The predicted octanol–water partition coefficient (Wildman–Crippen LogP) is 4.09. The summed E-state index contributed by atoms with van der Waals surface area (Å²) in [5, 5.41) is 4.83. The average molecular weight is 286 g/mol. The molecule has 1 atom stereocenters.